The molecule has 0 aliphatic rings. The van der Waals surface area contributed by atoms with Crippen molar-refractivity contribution in [1.82, 2.24) is 16.0 Å². The normalized spacial score (nSPS) is 13.3. The molecule has 0 bridgehead atoms. The van der Waals surface area contributed by atoms with E-state index in [1.165, 1.54) is 0 Å². The number of amides is 4. The Morgan fingerprint density at radius 2 is 1.58 bits per heavy atom. The van der Waals surface area contributed by atoms with Gasteiger partial charge in [-0.1, -0.05) is 13.8 Å². The van der Waals surface area contributed by atoms with Gasteiger partial charge in [0.05, 0.1) is 12.6 Å². The van der Waals surface area contributed by atoms with Crippen LogP contribution in [-0.2, 0) is 24.0 Å². The quantitative estimate of drug-likeness (QED) is 0.0639. The average Bonchev–Trinajstić information content (AvgIpc) is 2.70. The molecule has 0 aliphatic heterocycles. The summed E-state index contributed by atoms with van der Waals surface area (Å²) in [7, 11) is 0. The van der Waals surface area contributed by atoms with Crippen LogP contribution < -0.4 is 38.9 Å². The molecular formula is C19H36N8O6. The molecule has 14 nitrogen and oxygen atoms in total. The number of carbonyl (C=O) groups excluding carboxylic acids is 4. The van der Waals surface area contributed by atoms with Gasteiger partial charge in [0.1, 0.15) is 12.1 Å². The molecule has 4 amide bonds. The van der Waals surface area contributed by atoms with Crippen LogP contribution in [0.4, 0.5) is 0 Å². The maximum absolute atomic E-state index is 12.6. The van der Waals surface area contributed by atoms with Crippen molar-refractivity contribution in [2.45, 2.75) is 64.1 Å². The third-order valence-corrected chi connectivity index (χ3v) is 4.38. The van der Waals surface area contributed by atoms with Gasteiger partial charge in [-0.3, -0.25) is 24.2 Å². The predicted molar refractivity (Wildman–Crippen MR) is 120 cm³/mol. The van der Waals surface area contributed by atoms with Gasteiger partial charge in [0.15, 0.2) is 5.96 Å². The smallest absolute Gasteiger partial charge is 0.326 e. The number of guanidine groups is 1. The summed E-state index contributed by atoms with van der Waals surface area (Å²) in [6.07, 6.45) is 0.574. The van der Waals surface area contributed by atoms with Crippen LogP contribution in [0.2, 0.25) is 0 Å². The minimum Gasteiger partial charge on any atom is -0.480 e. The second kappa shape index (κ2) is 15.4. The van der Waals surface area contributed by atoms with E-state index in [0.29, 0.717) is 19.4 Å². The van der Waals surface area contributed by atoms with Gasteiger partial charge in [0.2, 0.25) is 23.6 Å². The number of hydrogen-bond donors (Lipinski definition) is 8. The average molecular weight is 473 g/mol. The molecule has 3 atom stereocenters. The number of nitrogens with zero attached hydrogens (tertiary/aromatic N) is 1. The van der Waals surface area contributed by atoms with Gasteiger partial charge in [-0.05, 0) is 31.6 Å². The van der Waals surface area contributed by atoms with Crippen molar-refractivity contribution in [2.24, 2.45) is 33.8 Å². The predicted octanol–water partition coefficient (Wildman–Crippen LogP) is -3.15. The summed E-state index contributed by atoms with van der Waals surface area (Å²) in [5, 5.41) is 16.4. The van der Waals surface area contributed by atoms with E-state index in [1.54, 1.807) is 0 Å². The van der Waals surface area contributed by atoms with Gasteiger partial charge >= 0.3 is 5.97 Å². The van der Waals surface area contributed by atoms with Crippen LogP contribution >= 0.6 is 0 Å². The Bertz CT molecular complexity index is 723. The number of rotatable bonds is 16. The molecule has 0 aromatic carbocycles. The first-order chi connectivity index (χ1) is 15.3. The third kappa shape index (κ3) is 14.3. The van der Waals surface area contributed by atoms with E-state index in [-0.39, 0.29) is 31.1 Å². The number of aliphatic imine (C=N–C) groups is 1. The Hall–Kier alpha value is -3.42. The number of primary amides is 1. The Labute approximate surface area is 192 Å². The van der Waals surface area contributed by atoms with Crippen LogP contribution in [0.1, 0.15) is 46.0 Å². The van der Waals surface area contributed by atoms with Crippen LogP contribution in [0.15, 0.2) is 4.99 Å². The van der Waals surface area contributed by atoms with Crippen LogP contribution in [0.3, 0.4) is 0 Å². The van der Waals surface area contributed by atoms with E-state index >= 15 is 0 Å². The van der Waals surface area contributed by atoms with E-state index in [1.807, 2.05) is 13.8 Å². The molecule has 12 N–H and O–H groups in total. The lowest BCUT2D eigenvalue weighted by Gasteiger charge is -2.23. The highest BCUT2D eigenvalue weighted by atomic mass is 16.4. The molecule has 0 aromatic heterocycles. The lowest BCUT2D eigenvalue weighted by atomic mass is 10.0. The van der Waals surface area contributed by atoms with Gasteiger partial charge in [-0.2, -0.15) is 0 Å². The SMILES string of the molecule is CC(C)CC(NC(=O)CNC(=O)C(N)CCCN=C(N)N)C(=O)NC(CCC(N)=O)C(=O)O. The summed E-state index contributed by atoms with van der Waals surface area (Å²) < 4.78 is 0. The second-order valence-electron chi connectivity index (χ2n) is 7.93. The minimum atomic E-state index is -1.34. The molecule has 0 heterocycles. The molecule has 188 valence electrons. The van der Waals surface area contributed by atoms with Crippen molar-refractivity contribution in [2.75, 3.05) is 13.1 Å². The van der Waals surface area contributed by atoms with Crippen molar-refractivity contribution in [1.29, 1.82) is 0 Å². The number of hydrogen-bond acceptors (Lipinski definition) is 7. The number of nitrogens with two attached hydrogens (primary N) is 4. The highest BCUT2D eigenvalue weighted by molar-refractivity contribution is 5.92. The highest BCUT2D eigenvalue weighted by Gasteiger charge is 2.27. The Morgan fingerprint density at radius 1 is 0.939 bits per heavy atom. The monoisotopic (exact) mass is 472 g/mol. The van der Waals surface area contributed by atoms with Crippen LogP contribution in [0.25, 0.3) is 0 Å². The van der Waals surface area contributed by atoms with Crippen molar-refractivity contribution in [3.63, 3.8) is 0 Å². The zero-order valence-corrected chi connectivity index (χ0v) is 19.0. The summed E-state index contributed by atoms with van der Waals surface area (Å²) in [6.45, 7) is 3.52. The van der Waals surface area contributed by atoms with E-state index in [2.05, 4.69) is 20.9 Å². The van der Waals surface area contributed by atoms with E-state index < -0.39 is 54.3 Å². The summed E-state index contributed by atoms with van der Waals surface area (Å²) in [6, 6.07) is -3.25. The number of carboxylic acids is 1. The largest absolute Gasteiger partial charge is 0.480 e. The maximum Gasteiger partial charge on any atom is 0.326 e. The standard InChI is InChI=1S/C19H36N8O6/c1-10(2)8-13(17(31)27-12(18(32)33)5-6-14(21)28)26-15(29)9-25-16(30)11(20)4-3-7-24-19(22)23/h10-13H,3-9,20H2,1-2H3,(H2,21,28)(H,25,30)(H,26,29)(H,27,31)(H,32,33)(H4,22,23,24). The van der Waals surface area contributed by atoms with Gasteiger partial charge in [-0.25, -0.2) is 4.79 Å². The fourth-order valence-corrected chi connectivity index (χ4v) is 2.71. The van der Waals surface area contributed by atoms with E-state index in [4.69, 9.17) is 22.9 Å². The van der Waals surface area contributed by atoms with Gasteiger partial charge < -0.3 is 44.0 Å². The first-order valence-corrected chi connectivity index (χ1v) is 10.5. The molecule has 0 radical (unpaired) electrons. The van der Waals surface area contributed by atoms with Crippen molar-refractivity contribution in [3.8, 4) is 0 Å². The number of nitrogens with one attached hydrogen (secondary N) is 3. The van der Waals surface area contributed by atoms with E-state index in [0.717, 1.165) is 0 Å². The molecule has 0 aromatic rings. The lowest BCUT2D eigenvalue weighted by molar-refractivity contribution is -0.142. The fourth-order valence-electron chi connectivity index (χ4n) is 2.71. The molecule has 14 heteroatoms. The summed E-state index contributed by atoms with van der Waals surface area (Å²) in [5.41, 5.74) is 21.2. The zero-order valence-electron chi connectivity index (χ0n) is 19.0. The lowest BCUT2D eigenvalue weighted by Crippen LogP contribution is -2.54. The van der Waals surface area contributed by atoms with Crippen LogP contribution in [-0.4, -0.2) is 71.9 Å². The van der Waals surface area contributed by atoms with E-state index in [9.17, 15) is 29.1 Å². The molecule has 0 saturated heterocycles. The fraction of sp³-hybridized carbons (Fsp3) is 0.684. The maximum atomic E-state index is 12.6. The Morgan fingerprint density at radius 3 is 2.09 bits per heavy atom. The molecular weight excluding hydrogens is 436 g/mol. The zero-order chi connectivity index (χ0) is 25.6. The number of carbonyl (C=O) groups is 5. The highest BCUT2D eigenvalue weighted by Crippen LogP contribution is 2.07. The van der Waals surface area contributed by atoms with Crippen LogP contribution in [0, 0.1) is 5.92 Å². The molecule has 0 fully saturated rings. The molecule has 0 saturated carbocycles. The Balaban J connectivity index is 4.80. The first kappa shape index (κ1) is 29.6. The van der Waals surface area contributed by atoms with Crippen molar-refractivity contribution >= 4 is 35.6 Å². The molecule has 0 spiro atoms. The third-order valence-electron chi connectivity index (χ3n) is 4.38. The van der Waals surface area contributed by atoms with Crippen LogP contribution in [0.5, 0.6) is 0 Å². The molecule has 33 heavy (non-hydrogen) atoms. The number of aliphatic carboxylic acids is 1. The summed E-state index contributed by atoms with van der Waals surface area (Å²) >= 11 is 0. The van der Waals surface area contributed by atoms with Crippen molar-refractivity contribution in [3.05, 3.63) is 0 Å². The number of carboxylic acid groups (broad SMARTS) is 1. The minimum absolute atomic E-state index is 0.0109. The summed E-state index contributed by atoms with van der Waals surface area (Å²) in [5.74, 6) is -4.04. The summed E-state index contributed by atoms with van der Waals surface area (Å²) in [4.78, 5) is 62.9. The van der Waals surface area contributed by atoms with Gasteiger partial charge in [0.25, 0.3) is 0 Å². The van der Waals surface area contributed by atoms with Gasteiger partial charge in [0, 0.05) is 13.0 Å². The second-order valence-corrected chi connectivity index (χ2v) is 7.93. The Kier molecular flexibility index (Phi) is 13.8. The molecule has 0 aliphatic carbocycles. The van der Waals surface area contributed by atoms with Gasteiger partial charge in [-0.15, -0.1) is 0 Å². The first-order valence-electron chi connectivity index (χ1n) is 10.5. The topological polar surface area (TPSA) is 258 Å². The molecule has 3 unspecified atom stereocenters. The van der Waals surface area contributed by atoms with Crippen molar-refractivity contribution < 1.29 is 29.1 Å². The molecule has 0 rings (SSSR count).